The van der Waals surface area contributed by atoms with E-state index in [4.69, 9.17) is 4.42 Å². The van der Waals surface area contributed by atoms with Gasteiger partial charge in [0.1, 0.15) is 28.7 Å². The molecule has 0 bridgehead atoms. The number of carbonyl (C=O) groups is 2. The summed E-state index contributed by atoms with van der Waals surface area (Å²) in [5, 5.41) is 16.1. The molecule has 0 aliphatic heterocycles. The molecule has 0 spiro atoms. The number of benzene rings is 3. The van der Waals surface area contributed by atoms with Crippen LogP contribution in [0.4, 0.5) is 14.5 Å². The Kier molecular flexibility index (Phi) is 8.55. The fourth-order valence-electron chi connectivity index (χ4n) is 4.70. The lowest BCUT2D eigenvalue weighted by molar-refractivity contribution is 0.0930. The summed E-state index contributed by atoms with van der Waals surface area (Å²) in [5.41, 5.74) is 1.23. The zero-order valence-electron chi connectivity index (χ0n) is 24.3. The lowest BCUT2D eigenvalue weighted by atomic mass is 10.0. The van der Waals surface area contributed by atoms with Crippen molar-refractivity contribution in [1.29, 1.82) is 0 Å². The third-order valence-electron chi connectivity index (χ3n) is 7.12. The molecule has 0 saturated carbocycles. The molecule has 2 heterocycles. The zero-order chi connectivity index (χ0) is 32.5. The number of sulfonamides is 1. The number of fused-ring (bicyclic) bond motifs is 1. The molecule has 0 fully saturated rings. The molecule has 0 saturated heterocycles. The maximum Gasteiger partial charge on any atom is 0.274 e. The Morgan fingerprint density at radius 3 is 2.22 bits per heavy atom. The summed E-state index contributed by atoms with van der Waals surface area (Å²) in [5.74, 6) is -2.75. The van der Waals surface area contributed by atoms with Gasteiger partial charge in [0, 0.05) is 29.6 Å². The van der Waals surface area contributed by atoms with Gasteiger partial charge in [0.2, 0.25) is 10.0 Å². The number of rotatable bonds is 9. The topological polar surface area (TPSA) is 151 Å². The summed E-state index contributed by atoms with van der Waals surface area (Å²) in [7, 11) is -2.40. The van der Waals surface area contributed by atoms with E-state index in [9.17, 15) is 31.9 Å². The molecular weight excluding hydrogens is 606 g/mol. The van der Waals surface area contributed by atoms with Crippen molar-refractivity contribution < 1.29 is 36.3 Å². The van der Waals surface area contributed by atoms with E-state index in [1.807, 2.05) is 0 Å². The highest BCUT2D eigenvalue weighted by Gasteiger charge is 2.26. The van der Waals surface area contributed by atoms with Crippen LogP contribution in [0.5, 0.6) is 5.75 Å². The summed E-state index contributed by atoms with van der Waals surface area (Å²) >= 11 is 0. The van der Waals surface area contributed by atoms with E-state index in [0.717, 1.165) is 0 Å². The van der Waals surface area contributed by atoms with Gasteiger partial charge in [0.05, 0.1) is 28.7 Å². The van der Waals surface area contributed by atoms with E-state index in [1.165, 1.54) is 86.8 Å². The lowest BCUT2D eigenvalue weighted by Crippen LogP contribution is -2.27. The predicted molar refractivity (Wildman–Crippen MR) is 165 cm³/mol. The summed E-state index contributed by atoms with van der Waals surface area (Å²) in [6, 6.07) is 15.8. The molecule has 1 atom stereocenters. The number of anilines is 1. The molecule has 5 rings (SSSR count). The normalized spacial score (nSPS) is 12.1. The van der Waals surface area contributed by atoms with Gasteiger partial charge in [0.25, 0.3) is 11.8 Å². The van der Waals surface area contributed by atoms with Gasteiger partial charge in [-0.3, -0.25) is 14.3 Å². The maximum absolute atomic E-state index is 13.7. The van der Waals surface area contributed by atoms with Crippen molar-refractivity contribution in [1.82, 2.24) is 15.6 Å². The summed E-state index contributed by atoms with van der Waals surface area (Å²) in [4.78, 5) is 30.7. The first-order chi connectivity index (χ1) is 21.4. The molecule has 0 aliphatic carbocycles. The number of nitrogens with one attached hydrogen (secondary N) is 3. The molecule has 3 aromatic carbocycles. The van der Waals surface area contributed by atoms with Crippen molar-refractivity contribution in [2.75, 3.05) is 17.5 Å². The molecular formula is C32H28F2N4O6S. The largest absolute Gasteiger partial charge is 0.505 e. The Bertz CT molecular complexity index is 2030. The Labute approximate surface area is 257 Å². The fourth-order valence-corrected chi connectivity index (χ4v) is 5.35. The zero-order valence-corrected chi connectivity index (χ0v) is 25.1. The Morgan fingerprint density at radius 1 is 0.956 bits per heavy atom. The molecule has 5 aromatic rings. The number of hydrogen-bond acceptors (Lipinski definition) is 7. The van der Waals surface area contributed by atoms with Crippen LogP contribution in [0.3, 0.4) is 0 Å². The first kappa shape index (κ1) is 31.1. The molecule has 1 unspecified atom stereocenters. The van der Waals surface area contributed by atoms with Crippen LogP contribution in [0.25, 0.3) is 33.6 Å². The van der Waals surface area contributed by atoms with E-state index >= 15 is 0 Å². The molecule has 232 valence electrons. The summed E-state index contributed by atoms with van der Waals surface area (Å²) in [6.45, 7) is 3.13. The van der Waals surface area contributed by atoms with Crippen LogP contribution in [0.2, 0.25) is 0 Å². The van der Waals surface area contributed by atoms with Crippen molar-refractivity contribution in [3.8, 4) is 28.3 Å². The van der Waals surface area contributed by atoms with Gasteiger partial charge in [-0.2, -0.15) is 0 Å². The number of pyridine rings is 1. The first-order valence-corrected chi connectivity index (χ1v) is 15.4. The minimum absolute atomic E-state index is 0.0384. The standard InChI is InChI=1S/C32H28F2N4O6S/c1-4-45(42,43)38-25-16-27-23(28(31(40)35-3)30(44-27)19-7-11-21(34)12-8-19)15-22(25)24-13-14-26(39)29(37-24)32(41)36-17(2)18-5-9-20(33)10-6-18/h5-17,38-39H,4H2,1-3H3,(H,35,40)(H,36,41). The van der Waals surface area contributed by atoms with Gasteiger partial charge in [-0.1, -0.05) is 12.1 Å². The van der Waals surface area contributed by atoms with Gasteiger partial charge < -0.3 is 20.2 Å². The van der Waals surface area contributed by atoms with Crippen LogP contribution < -0.4 is 15.4 Å². The minimum Gasteiger partial charge on any atom is -0.505 e. The van der Waals surface area contributed by atoms with Crippen molar-refractivity contribution in [2.45, 2.75) is 19.9 Å². The van der Waals surface area contributed by atoms with Crippen LogP contribution in [0.15, 0.2) is 77.2 Å². The van der Waals surface area contributed by atoms with Crippen molar-refractivity contribution in [3.63, 3.8) is 0 Å². The fraction of sp³-hybridized carbons (Fsp3) is 0.156. The highest BCUT2D eigenvalue weighted by molar-refractivity contribution is 7.92. The minimum atomic E-state index is -3.83. The average Bonchev–Trinajstić information content (AvgIpc) is 3.39. The third-order valence-corrected chi connectivity index (χ3v) is 8.41. The lowest BCUT2D eigenvalue weighted by Gasteiger charge is -2.16. The summed E-state index contributed by atoms with van der Waals surface area (Å²) in [6.07, 6.45) is 0. The average molecular weight is 635 g/mol. The van der Waals surface area contributed by atoms with E-state index in [0.29, 0.717) is 11.1 Å². The van der Waals surface area contributed by atoms with Gasteiger partial charge in [-0.25, -0.2) is 22.2 Å². The molecule has 2 aromatic heterocycles. The SMILES string of the molecule is CCS(=O)(=O)Nc1cc2oc(-c3ccc(F)cc3)c(C(=O)NC)c2cc1-c1ccc(O)c(C(=O)NC(C)c2ccc(F)cc2)n1. The second-order valence-corrected chi connectivity index (χ2v) is 12.1. The number of halogens is 2. The molecule has 0 radical (unpaired) electrons. The smallest absolute Gasteiger partial charge is 0.274 e. The highest BCUT2D eigenvalue weighted by Crippen LogP contribution is 2.40. The Morgan fingerprint density at radius 2 is 1.60 bits per heavy atom. The van der Waals surface area contributed by atoms with E-state index in [-0.39, 0.29) is 50.7 Å². The molecule has 10 nitrogen and oxygen atoms in total. The summed E-state index contributed by atoms with van der Waals surface area (Å²) < 4.78 is 60.9. The Balaban J connectivity index is 1.66. The third kappa shape index (κ3) is 6.48. The van der Waals surface area contributed by atoms with Gasteiger partial charge >= 0.3 is 0 Å². The number of carbonyl (C=O) groups excluding carboxylic acids is 2. The molecule has 0 aliphatic rings. The van der Waals surface area contributed by atoms with Crippen LogP contribution in [-0.2, 0) is 10.0 Å². The number of amides is 2. The van der Waals surface area contributed by atoms with Crippen LogP contribution in [-0.4, -0.2) is 43.1 Å². The van der Waals surface area contributed by atoms with E-state index < -0.39 is 45.3 Å². The molecule has 13 heteroatoms. The number of nitrogens with zero attached hydrogens (tertiary/aromatic N) is 1. The van der Waals surface area contributed by atoms with E-state index in [2.05, 4.69) is 20.3 Å². The number of aromatic nitrogens is 1. The second kappa shape index (κ2) is 12.4. The first-order valence-electron chi connectivity index (χ1n) is 13.8. The predicted octanol–water partition coefficient (Wildman–Crippen LogP) is 5.76. The van der Waals surface area contributed by atoms with Crippen molar-refractivity contribution in [3.05, 3.63) is 101 Å². The number of furan rings is 1. The van der Waals surface area contributed by atoms with Crippen molar-refractivity contribution in [2.24, 2.45) is 0 Å². The van der Waals surface area contributed by atoms with Gasteiger partial charge in [0.15, 0.2) is 5.69 Å². The van der Waals surface area contributed by atoms with Gasteiger partial charge in [-0.15, -0.1) is 0 Å². The van der Waals surface area contributed by atoms with E-state index in [1.54, 1.807) is 6.92 Å². The van der Waals surface area contributed by atoms with Crippen molar-refractivity contribution >= 4 is 38.5 Å². The van der Waals surface area contributed by atoms with Crippen LogP contribution >= 0.6 is 0 Å². The quantitative estimate of drug-likeness (QED) is 0.161. The van der Waals surface area contributed by atoms with Crippen LogP contribution in [0, 0.1) is 11.6 Å². The molecule has 45 heavy (non-hydrogen) atoms. The van der Waals surface area contributed by atoms with Gasteiger partial charge in [-0.05, 0) is 74.0 Å². The molecule has 4 N–H and O–H groups in total. The number of aromatic hydroxyl groups is 1. The monoisotopic (exact) mass is 634 g/mol. The van der Waals surface area contributed by atoms with Crippen LogP contribution in [0.1, 0.15) is 46.3 Å². The highest BCUT2D eigenvalue weighted by atomic mass is 32.2. The second-order valence-electron chi connectivity index (χ2n) is 10.1. The maximum atomic E-state index is 13.7. The molecule has 2 amide bonds. The number of hydrogen-bond donors (Lipinski definition) is 4. The Hall–Kier alpha value is -5.30.